The lowest BCUT2D eigenvalue weighted by Gasteiger charge is -2.29. The molecule has 2 atom stereocenters. The van der Waals surface area contributed by atoms with Gasteiger partial charge in [0.2, 0.25) is 0 Å². The van der Waals surface area contributed by atoms with Crippen molar-refractivity contribution >= 4 is 0 Å². The summed E-state index contributed by atoms with van der Waals surface area (Å²) in [5, 5.41) is 0. The van der Waals surface area contributed by atoms with Gasteiger partial charge in [0.05, 0.1) is 6.10 Å². The zero-order valence-electron chi connectivity index (χ0n) is 13.7. The lowest BCUT2D eigenvalue weighted by atomic mass is 9.90. The zero-order valence-corrected chi connectivity index (χ0v) is 13.7. The van der Waals surface area contributed by atoms with Gasteiger partial charge in [0, 0.05) is 6.61 Å². The highest BCUT2D eigenvalue weighted by atomic mass is 16.5. The molecule has 0 aromatic carbocycles. The molecular formula is C19H34O. The third-order valence-corrected chi connectivity index (χ3v) is 4.11. The Bertz CT molecular complexity index is 267. The minimum absolute atomic E-state index is 0.362. The van der Waals surface area contributed by atoms with Crippen LogP contribution in [-0.4, -0.2) is 12.7 Å². The van der Waals surface area contributed by atoms with E-state index in [1.54, 1.807) is 0 Å². The third kappa shape index (κ3) is 7.89. The molecule has 0 spiro atoms. The number of unbranched alkanes of at least 4 members (excludes halogenated alkanes) is 5. The zero-order chi connectivity index (χ0) is 14.5. The average Bonchev–Trinajstić information content (AvgIpc) is 2.48. The van der Waals surface area contributed by atoms with Gasteiger partial charge in [-0.15, -0.1) is 0 Å². The van der Waals surface area contributed by atoms with E-state index < -0.39 is 0 Å². The van der Waals surface area contributed by atoms with Gasteiger partial charge in [0.1, 0.15) is 0 Å². The van der Waals surface area contributed by atoms with E-state index in [-0.39, 0.29) is 0 Å². The fraction of sp³-hybridized carbons (Fsp3) is 0.789. The van der Waals surface area contributed by atoms with E-state index in [4.69, 9.17) is 4.74 Å². The van der Waals surface area contributed by atoms with Crippen molar-refractivity contribution in [2.75, 3.05) is 6.61 Å². The van der Waals surface area contributed by atoms with Crippen molar-refractivity contribution in [3.63, 3.8) is 0 Å². The van der Waals surface area contributed by atoms with Crippen molar-refractivity contribution in [2.24, 2.45) is 5.92 Å². The Morgan fingerprint density at radius 2 is 1.85 bits per heavy atom. The van der Waals surface area contributed by atoms with Crippen molar-refractivity contribution in [2.45, 2.75) is 84.2 Å². The summed E-state index contributed by atoms with van der Waals surface area (Å²) in [6, 6.07) is 0. The molecule has 0 amide bonds. The Morgan fingerprint density at radius 1 is 0.950 bits per heavy atom. The van der Waals surface area contributed by atoms with Crippen molar-refractivity contribution in [3.05, 3.63) is 24.3 Å². The first-order chi connectivity index (χ1) is 9.88. The maximum Gasteiger partial charge on any atom is 0.0786 e. The van der Waals surface area contributed by atoms with Gasteiger partial charge in [-0.2, -0.15) is 0 Å². The van der Waals surface area contributed by atoms with Crippen LogP contribution in [0.1, 0.15) is 78.1 Å². The lowest BCUT2D eigenvalue weighted by molar-refractivity contribution is 0.00467. The fourth-order valence-corrected chi connectivity index (χ4v) is 2.80. The summed E-state index contributed by atoms with van der Waals surface area (Å²) in [6.45, 7) is 5.44. The first-order valence-electron chi connectivity index (χ1n) is 8.81. The lowest BCUT2D eigenvalue weighted by Crippen LogP contribution is -2.27. The molecule has 116 valence electrons. The van der Waals surface area contributed by atoms with E-state index in [1.165, 1.54) is 64.2 Å². The molecule has 1 heteroatoms. The molecule has 0 aromatic rings. The molecule has 1 aliphatic rings. The number of ether oxygens (including phenoxy) is 1. The van der Waals surface area contributed by atoms with Crippen LogP contribution in [0.25, 0.3) is 0 Å². The molecule has 1 fully saturated rings. The molecule has 0 saturated carbocycles. The first kappa shape index (κ1) is 17.5. The third-order valence-electron chi connectivity index (χ3n) is 4.11. The Hall–Kier alpha value is -0.560. The number of hydrogen-bond acceptors (Lipinski definition) is 1. The molecule has 0 aliphatic carbocycles. The van der Waals surface area contributed by atoms with Gasteiger partial charge in [-0.25, -0.2) is 0 Å². The van der Waals surface area contributed by atoms with Crippen LogP contribution in [0.4, 0.5) is 0 Å². The van der Waals surface area contributed by atoms with Crippen LogP contribution < -0.4 is 0 Å². The minimum Gasteiger partial charge on any atom is -0.374 e. The van der Waals surface area contributed by atoms with Crippen LogP contribution in [0.3, 0.4) is 0 Å². The summed E-state index contributed by atoms with van der Waals surface area (Å²) in [5.41, 5.74) is 0. The maximum atomic E-state index is 5.95. The molecule has 1 saturated heterocycles. The van der Waals surface area contributed by atoms with Gasteiger partial charge in [0.25, 0.3) is 0 Å². The van der Waals surface area contributed by atoms with Gasteiger partial charge in [-0.05, 0) is 44.4 Å². The standard InChI is InChI=1S/C19H34O/c1-3-5-7-9-10-12-16-19-18(15-13-17-20-19)14-11-8-6-4-2/h8,11-12,16,18-19H,3-7,9-10,13-15,17H2,1-2H3/b11-8-,16-12+/t18-,19?/m0/s1. The normalized spacial score (nSPS) is 23.9. The van der Waals surface area contributed by atoms with Crippen molar-refractivity contribution in [1.29, 1.82) is 0 Å². The predicted octanol–water partition coefficient (Wildman–Crippen LogP) is 6.05. The van der Waals surface area contributed by atoms with E-state index in [2.05, 4.69) is 38.2 Å². The average molecular weight is 278 g/mol. The van der Waals surface area contributed by atoms with Crippen LogP contribution >= 0.6 is 0 Å². The summed E-state index contributed by atoms with van der Waals surface area (Å²) >= 11 is 0. The highest BCUT2D eigenvalue weighted by Crippen LogP contribution is 2.25. The quantitative estimate of drug-likeness (QED) is 0.349. The first-order valence-corrected chi connectivity index (χ1v) is 8.81. The molecule has 0 radical (unpaired) electrons. The smallest absolute Gasteiger partial charge is 0.0786 e. The molecule has 0 bridgehead atoms. The minimum atomic E-state index is 0.362. The summed E-state index contributed by atoms with van der Waals surface area (Å²) in [5.74, 6) is 0.698. The molecule has 0 N–H and O–H groups in total. The molecule has 20 heavy (non-hydrogen) atoms. The van der Waals surface area contributed by atoms with E-state index in [0.29, 0.717) is 12.0 Å². The van der Waals surface area contributed by atoms with Crippen LogP contribution in [0.5, 0.6) is 0 Å². The second-order valence-corrected chi connectivity index (χ2v) is 6.01. The molecule has 1 rings (SSSR count). The number of rotatable bonds is 10. The predicted molar refractivity (Wildman–Crippen MR) is 89.0 cm³/mol. The topological polar surface area (TPSA) is 9.23 Å². The Kier molecular flexibility index (Phi) is 10.7. The molecule has 1 unspecified atom stereocenters. The van der Waals surface area contributed by atoms with Crippen LogP contribution in [0, 0.1) is 5.92 Å². The van der Waals surface area contributed by atoms with Crippen LogP contribution in [0.15, 0.2) is 24.3 Å². The van der Waals surface area contributed by atoms with Crippen molar-refractivity contribution in [1.82, 2.24) is 0 Å². The summed E-state index contributed by atoms with van der Waals surface area (Å²) < 4.78 is 5.95. The van der Waals surface area contributed by atoms with E-state index in [1.807, 2.05) is 0 Å². The van der Waals surface area contributed by atoms with Crippen molar-refractivity contribution < 1.29 is 4.74 Å². The second kappa shape index (κ2) is 12.2. The van der Waals surface area contributed by atoms with Gasteiger partial charge < -0.3 is 4.74 Å². The Morgan fingerprint density at radius 3 is 2.65 bits per heavy atom. The number of allylic oxidation sites excluding steroid dienone is 3. The van der Waals surface area contributed by atoms with E-state index in [0.717, 1.165) is 6.61 Å². The molecule has 1 heterocycles. The fourth-order valence-electron chi connectivity index (χ4n) is 2.80. The van der Waals surface area contributed by atoms with Crippen molar-refractivity contribution in [3.8, 4) is 0 Å². The Labute approximate surface area is 126 Å². The van der Waals surface area contributed by atoms with Crippen LogP contribution in [0.2, 0.25) is 0 Å². The van der Waals surface area contributed by atoms with Gasteiger partial charge in [0.15, 0.2) is 0 Å². The maximum absolute atomic E-state index is 5.95. The molecule has 1 nitrogen and oxygen atoms in total. The summed E-state index contributed by atoms with van der Waals surface area (Å²) in [6.07, 6.45) is 22.6. The highest BCUT2D eigenvalue weighted by molar-refractivity contribution is 4.97. The second-order valence-electron chi connectivity index (χ2n) is 6.01. The molecular weight excluding hydrogens is 244 g/mol. The van der Waals surface area contributed by atoms with Gasteiger partial charge >= 0.3 is 0 Å². The van der Waals surface area contributed by atoms with E-state index in [9.17, 15) is 0 Å². The monoisotopic (exact) mass is 278 g/mol. The molecule has 0 aromatic heterocycles. The largest absolute Gasteiger partial charge is 0.374 e. The van der Waals surface area contributed by atoms with E-state index >= 15 is 0 Å². The number of hydrogen-bond donors (Lipinski definition) is 0. The SMILES string of the molecule is CCC/C=C\C[C@H]1CCCOC1/C=C/CCCCCC. The Balaban J connectivity index is 2.26. The molecule has 1 aliphatic heterocycles. The highest BCUT2D eigenvalue weighted by Gasteiger charge is 2.22. The van der Waals surface area contributed by atoms with Gasteiger partial charge in [-0.3, -0.25) is 0 Å². The van der Waals surface area contributed by atoms with Gasteiger partial charge in [-0.1, -0.05) is 63.8 Å². The van der Waals surface area contributed by atoms with Crippen LogP contribution in [-0.2, 0) is 4.74 Å². The summed E-state index contributed by atoms with van der Waals surface area (Å²) in [7, 11) is 0. The summed E-state index contributed by atoms with van der Waals surface area (Å²) in [4.78, 5) is 0.